The van der Waals surface area contributed by atoms with Gasteiger partial charge in [0, 0.05) is 19.5 Å². The summed E-state index contributed by atoms with van der Waals surface area (Å²) in [6, 6.07) is -4.02. The monoisotopic (exact) mass is 530 g/mol. The summed E-state index contributed by atoms with van der Waals surface area (Å²) in [7, 11) is 0. The van der Waals surface area contributed by atoms with Crippen molar-refractivity contribution in [3.8, 4) is 0 Å². The summed E-state index contributed by atoms with van der Waals surface area (Å²) in [5, 5.41) is 14.6. The third-order valence-electron chi connectivity index (χ3n) is 5.66. The molecule has 1 saturated heterocycles. The number of carboxylic acid groups (broad SMARTS) is 1. The molecular formula is C21H38N8O6S. The highest BCUT2D eigenvalue weighted by molar-refractivity contribution is 7.98. The van der Waals surface area contributed by atoms with Crippen LogP contribution in [0.5, 0.6) is 0 Å². The van der Waals surface area contributed by atoms with Gasteiger partial charge in [0.25, 0.3) is 0 Å². The molecule has 11 N–H and O–H groups in total. The molecule has 0 radical (unpaired) electrons. The van der Waals surface area contributed by atoms with Crippen molar-refractivity contribution in [3.63, 3.8) is 0 Å². The van der Waals surface area contributed by atoms with Gasteiger partial charge in [0.15, 0.2) is 5.96 Å². The molecule has 0 aromatic heterocycles. The quantitative estimate of drug-likeness (QED) is 0.0624. The van der Waals surface area contributed by atoms with E-state index in [4.69, 9.17) is 22.9 Å². The van der Waals surface area contributed by atoms with Crippen molar-refractivity contribution in [1.29, 1.82) is 0 Å². The minimum absolute atomic E-state index is 0.0114. The Morgan fingerprint density at radius 1 is 1.08 bits per heavy atom. The maximum atomic E-state index is 13.4. The van der Waals surface area contributed by atoms with Gasteiger partial charge in [0.1, 0.15) is 18.1 Å². The molecule has 0 aromatic carbocycles. The van der Waals surface area contributed by atoms with E-state index in [0.717, 1.165) is 0 Å². The van der Waals surface area contributed by atoms with E-state index < -0.39 is 53.8 Å². The van der Waals surface area contributed by atoms with Gasteiger partial charge in [-0.05, 0) is 50.5 Å². The Morgan fingerprint density at radius 2 is 1.78 bits per heavy atom. The first-order valence-corrected chi connectivity index (χ1v) is 13.1. The Kier molecular flexibility index (Phi) is 13.6. The van der Waals surface area contributed by atoms with Gasteiger partial charge in [-0.15, -0.1) is 0 Å². The lowest BCUT2D eigenvalue weighted by atomic mass is 10.1. The third kappa shape index (κ3) is 10.7. The molecular weight excluding hydrogens is 492 g/mol. The third-order valence-corrected chi connectivity index (χ3v) is 6.31. The topological polar surface area (TPSA) is 249 Å². The van der Waals surface area contributed by atoms with Crippen molar-refractivity contribution in [2.45, 2.75) is 69.1 Å². The first-order valence-electron chi connectivity index (χ1n) is 11.7. The number of likely N-dealkylation sites (tertiary alicyclic amines) is 1. The smallest absolute Gasteiger partial charge is 0.326 e. The van der Waals surface area contributed by atoms with Gasteiger partial charge >= 0.3 is 5.97 Å². The second-order valence-electron chi connectivity index (χ2n) is 8.49. The summed E-state index contributed by atoms with van der Waals surface area (Å²) in [5.41, 5.74) is 21.6. The zero-order chi connectivity index (χ0) is 27.3. The molecule has 0 spiro atoms. The average Bonchev–Trinajstić information content (AvgIpc) is 3.31. The van der Waals surface area contributed by atoms with Gasteiger partial charge in [0.05, 0.1) is 6.04 Å². The second kappa shape index (κ2) is 15.8. The number of guanidine groups is 1. The van der Waals surface area contributed by atoms with Crippen LogP contribution < -0.4 is 33.6 Å². The van der Waals surface area contributed by atoms with E-state index in [1.807, 2.05) is 6.26 Å². The number of primary amides is 1. The Bertz CT molecular complexity index is 822. The summed E-state index contributed by atoms with van der Waals surface area (Å²) in [5.74, 6) is -3.01. The molecule has 0 saturated carbocycles. The number of nitrogens with one attached hydrogen (secondary N) is 2. The number of hydrogen-bond acceptors (Lipinski definition) is 8. The van der Waals surface area contributed by atoms with Gasteiger partial charge in [-0.25, -0.2) is 4.79 Å². The minimum atomic E-state index is -1.15. The molecule has 0 aliphatic carbocycles. The normalized spacial score (nSPS) is 17.5. The largest absolute Gasteiger partial charge is 0.480 e. The molecule has 4 amide bonds. The fraction of sp³-hybridized carbons (Fsp3) is 0.714. The Balaban J connectivity index is 2.96. The molecule has 1 heterocycles. The highest BCUT2D eigenvalue weighted by Crippen LogP contribution is 2.20. The average molecular weight is 531 g/mol. The minimum Gasteiger partial charge on any atom is -0.480 e. The zero-order valence-corrected chi connectivity index (χ0v) is 21.3. The van der Waals surface area contributed by atoms with Crippen LogP contribution in [0.1, 0.15) is 44.9 Å². The summed E-state index contributed by atoms with van der Waals surface area (Å²) in [4.78, 5) is 66.7. The first-order chi connectivity index (χ1) is 17.0. The van der Waals surface area contributed by atoms with Gasteiger partial charge in [-0.2, -0.15) is 11.8 Å². The SMILES string of the molecule is CSCCC(NC(=O)C1CCCN1C(=O)C(CCCN=C(N)N)NC(=O)C(N)CCC(N)=O)C(=O)O. The number of amides is 4. The highest BCUT2D eigenvalue weighted by atomic mass is 32.2. The fourth-order valence-corrected chi connectivity index (χ4v) is 4.20. The van der Waals surface area contributed by atoms with Crippen LogP contribution >= 0.6 is 11.8 Å². The number of rotatable bonds is 16. The van der Waals surface area contributed by atoms with E-state index >= 15 is 0 Å². The molecule has 36 heavy (non-hydrogen) atoms. The van der Waals surface area contributed by atoms with Crippen molar-refractivity contribution in [3.05, 3.63) is 0 Å². The number of aliphatic carboxylic acids is 1. The zero-order valence-electron chi connectivity index (χ0n) is 20.5. The van der Waals surface area contributed by atoms with Crippen molar-refractivity contribution in [2.75, 3.05) is 25.1 Å². The molecule has 15 heteroatoms. The maximum absolute atomic E-state index is 13.4. The number of carbonyl (C=O) groups excluding carboxylic acids is 4. The van der Waals surface area contributed by atoms with E-state index in [9.17, 15) is 29.1 Å². The van der Waals surface area contributed by atoms with Gasteiger partial charge < -0.3 is 43.6 Å². The summed E-state index contributed by atoms with van der Waals surface area (Å²) in [6.45, 7) is 0.489. The Hall–Kier alpha value is -3.07. The molecule has 204 valence electrons. The van der Waals surface area contributed by atoms with E-state index in [0.29, 0.717) is 25.0 Å². The van der Waals surface area contributed by atoms with Crippen LogP contribution in [0.2, 0.25) is 0 Å². The van der Waals surface area contributed by atoms with Crippen molar-refractivity contribution < 1.29 is 29.1 Å². The van der Waals surface area contributed by atoms with Crippen LogP contribution in [0.3, 0.4) is 0 Å². The fourth-order valence-electron chi connectivity index (χ4n) is 3.73. The van der Waals surface area contributed by atoms with Crippen LogP contribution in [0.25, 0.3) is 0 Å². The van der Waals surface area contributed by atoms with Crippen LogP contribution in [-0.2, 0) is 24.0 Å². The van der Waals surface area contributed by atoms with E-state index in [1.165, 1.54) is 16.7 Å². The van der Waals surface area contributed by atoms with Crippen molar-refractivity contribution in [1.82, 2.24) is 15.5 Å². The first kappa shape index (κ1) is 31.0. The predicted octanol–water partition coefficient (Wildman–Crippen LogP) is -2.57. The highest BCUT2D eigenvalue weighted by Gasteiger charge is 2.39. The number of hydrogen-bond donors (Lipinski definition) is 7. The number of aliphatic imine (C=N–C) groups is 1. The molecule has 1 aliphatic heterocycles. The molecule has 4 unspecified atom stereocenters. The molecule has 0 aromatic rings. The standard InChI is InChI=1S/C21H38N8O6S/c1-36-11-8-14(20(34)35)28-18(32)15-5-3-10-29(15)19(33)13(4-2-9-26-21(24)25)27-17(31)12(22)6-7-16(23)30/h12-15H,2-11,22H2,1H3,(H2,23,30)(H,27,31)(H,28,32)(H,34,35)(H4,24,25,26). The van der Waals surface area contributed by atoms with Crippen LogP contribution in [-0.4, -0.2) is 94.8 Å². The number of nitrogens with two attached hydrogens (primary N) is 4. The molecule has 1 rings (SSSR count). The lowest BCUT2D eigenvalue weighted by molar-refractivity contribution is -0.145. The van der Waals surface area contributed by atoms with Crippen LogP contribution in [0, 0.1) is 0 Å². The van der Waals surface area contributed by atoms with Gasteiger partial charge in [0.2, 0.25) is 23.6 Å². The number of thioether (sulfide) groups is 1. The molecule has 14 nitrogen and oxygen atoms in total. The Labute approximate surface area is 214 Å². The maximum Gasteiger partial charge on any atom is 0.326 e. The number of carbonyl (C=O) groups is 5. The van der Waals surface area contributed by atoms with Crippen molar-refractivity contribution in [2.24, 2.45) is 27.9 Å². The Morgan fingerprint density at radius 3 is 2.36 bits per heavy atom. The molecule has 1 aliphatic rings. The van der Waals surface area contributed by atoms with Crippen LogP contribution in [0.15, 0.2) is 4.99 Å². The number of nitrogens with zero attached hydrogens (tertiary/aromatic N) is 2. The van der Waals surface area contributed by atoms with E-state index in [1.54, 1.807) is 0 Å². The van der Waals surface area contributed by atoms with E-state index in [2.05, 4.69) is 15.6 Å². The van der Waals surface area contributed by atoms with Crippen LogP contribution in [0.4, 0.5) is 0 Å². The molecule has 0 bridgehead atoms. The summed E-state index contributed by atoms with van der Waals surface area (Å²) < 4.78 is 0. The van der Waals surface area contributed by atoms with E-state index in [-0.39, 0.29) is 44.7 Å². The van der Waals surface area contributed by atoms with Crippen molar-refractivity contribution >= 4 is 47.3 Å². The summed E-state index contributed by atoms with van der Waals surface area (Å²) in [6.07, 6.45) is 3.42. The molecule has 1 fully saturated rings. The number of carboxylic acids is 1. The lowest BCUT2D eigenvalue weighted by Gasteiger charge is -2.30. The second-order valence-corrected chi connectivity index (χ2v) is 9.48. The van der Waals surface area contributed by atoms with Gasteiger partial charge in [-0.1, -0.05) is 0 Å². The van der Waals surface area contributed by atoms with Gasteiger partial charge in [-0.3, -0.25) is 24.2 Å². The molecule has 4 atom stereocenters. The lowest BCUT2D eigenvalue weighted by Crippen LogP contribution is -2.56. The predicted molar refractivity (Wildman–Crippen MR) is 136 cm³/mol. The summed E-state index contributed by atoms with van der Waals surface area (Å²) >= 11 is 1.46.